The summed E-state index contributed by atoms with van der Waals surface area (Å²) in [4.78, 5) is 15.1. The molecule has 1 N–H and O–H groups in total. The van der Waals surface area contributed by atoms with Gasteiger partial charge in [-0.3, -0.25) is 9.69 Å². The molecule has 28 heavy (non-hydrogen) atoms. The zero-order valence-corrected chi connectivity index (χ0v) is 16.3. The molecule has 0 saturated carbocycles. The highest BCUT2D eigenvalue weighted by Crippen LogP contribution is 2.41. The second-order valence-electron chi connectivity index (χ2n) is 7.33. The topological polar surface area (TPSA) is 49.8 Å². The number of ether oxygens (including phenoxy) is 1. The molecule has 1 atom stereocenters. The summed E-state index contributed by atoms with van der Waals surface area (Å²) in [6.45, 7) is 3.60. The van der Waals surface area contributed by atoms with Crippen LogP contribution in [-0.2, 0) is 6.54 Å². The number of aromatic hydroxyl groups is 1. The highest BCUT2D eigenvalue weighted by Gasteiger charge is 2.33. The molecule has 146 valence electrons. The molecule has 2 aliphatic rings. The third kappa shape index (κ3) is 3.40. The fraction of sp³-hybridized carbons (Fsp3) is 0.318. The van der Waals surface area contributed by atoms with Crippen LogP contribution >= 0.6 is 11.6 Å². The lowest BCUT2D eigenvalue weighted by Gasteiger charge is -2.33. The molecule has 2 aromatic rings. The van der Waals surface area contributed by atoms with E-state index >= 15 is 0 Å². The van der Waals surface area contributed by atoms with E-state index in [1.54, 1.807) is 12.1 Å². The number of hydrogen-bond donors (Lipinski definition) is 1. The number of halogens is 2. The first kappa shape index (κ1) is 19.0. The van der Waals surface area contributed by atoms with Gasteiger partial charge in [-0.05, 0) is 56.7 Å². The van der Waals surface area contributed by atoms with Crippen LogP contribution < -0.4 is 4.74 Å². The normalized spacial score (nSPS) is 21.0. The van der Waals surface area contributed by atoms with E-state index in [0.717, 1.165) is 19.4 Å². The highest BCUT2D eigenvalue weighted by atomic mass is 35.5. The SMILES string of the molecule is C[C@H]1CCCCN1Cc1c(O)ccc2c1O/C(=C\c1c(F)cccc1Cl)C2=O. The molecule has 0 spiro atoms. The van der Waals surface area contributed by atoms with Crippen LogP contribution in [0.25, 0.3) is 6.08 Å². The number of phenols is 1. The van der Waals surface area contributed by atoms with Crippen molar-refractivity contribution in [1.29, 1.82) is 0 Å². The van der Waals surface area contributed by atoms with E-state index in [2.05, 4.69) is 11.8 Å². The lowest BCUT2D eigenvalue weighted by molar-refractivity contribution is 0.101. The maximum atomic E-state index is 14.1. The maximum Gasteiger partial charge on any atom is 0.231 e. The van der Waals surface area contributed by atoms with Crippen molar-refractivity contribution in [3.05, 3.63) is 63.6 Å². The zero-order valence-electron chi connectivity index (χ0n) is 15.5. The van der Waals surface area contributed by atoms with E-state index in [1.165, 1.54) is 30.7 Å². The van der Waals surface area contributed by atoms with Gasteiger partial charge in [0.25, 0.3) is 0 Å². The molecule has 0 amide bonds. The van der Waals surface area contributed by atoms with Crippen molar-refractivity contribution in [3.63, 3.8) is 0 Å². The molecule has 1 fully saturated rings. The molecule has 0 aliphatic carbocycles. The maximum absolute atomic E-state index is 14.1. The summed E-state index contributed by atoms with van der Waals surface area (Å²) in [7, 11) is 0. The Morgan fingerprint density at radius 3 is 2.89 bits per heavy atom. The number of carbonyl (C=O) groups is 1. The van der Waals surface area contributed by atoms with Gasteiger partial charge in [0.15, 0.2) is 5.76 Å². The summed E-state index contributed by atoms with van der Waals surface area (Å²) in [6.07, 6.45) is 4.73. The Hall–Kier alpha value is -2.37. The lowest BCUT2D eigenvalue weighted by atomic mass is 10.0. The van der Waals surface area contributed by atoms with Crippen LogP contribution in [0.5, 0.6) is 11.5 Å². The second kappa shape index (κ2) is 7.57. The van der Waals surface area contributed by atoms with Gasteiger partial charge in [0.1, 0.15) is 17.3 Å². The Morgan fingerprint density at radius 1 is 1.32 bits per heavy atom. The zero-order chi connectivity index (χ0) is 19.8. The van der Waals surface area contributed by atoms with Crippen molar-refractivity contribution >= 4 is 23.5 Å². The Balaban J connectivity index is 1.70. The number of hydrogen-bond acceptors (Lipinski definition) is 4. The molecule has 2 aliphatic heterocycles. The van der Waals surface area contributed by atoms with Gasteiger partial charge in [0.05, 0.1) is 16.1 Å². The molecule has 0 radical (unpaired) electrons. The van der Waals surface area contributed by atoms with E-state index in [0.29, 0.717) is 29.5 Å². The molecule has 2 aromatic carbocycles. The number of carbonyl (C=O) groups excluding carboxylic acids is 1. The molecule has 4 rings (SSSR count). The van der Waals surface area contributed by atoms with Crippen LogP contribution in [0.3, 0.4) is 0 Å². The minimum absolute atomic E-state index is 0.000502. The molecular weight excluding hydrogens is 381 g/mol. The van der Waals surface area contributed by atoms with E-state index in [-0.39, 0.29) is 27.9 Å². The largest absolute Gasteiger partial charge is 0.507 e. The van der Waals surface area contributed by atoms with Crippen LogP contribution in [0.2, 0.25) is 5.02 Å². The number of phenolic OH excluding ortho intramolecular Hbond substituents is 1. The summed E-state index contributed by atoms with van der Waals surface area (Å²) < 4.78 is 19.9. The minimum Gasteiger partial charge on any atom is -0.507 e. The van der Waals surface area contributed by atoms with E-state index in [1.807, 2.05) is 0 Å². The summed E-state index contributed by atoms with van der Waals surface area (Å²) in [5.74, 6) is -0.434. The first-order valence-corrected chi connectivity index (χ1v) is 9.80. The Bertz CT molecular complexity index is 952. The molecule has 1 saturated heterocycles. The van der Waals surface area contributed by atoms with Gasteiger partial charge in [0.2, 0.25) is 5.78 Å². The number of likely N-dealkylation sites (tertiary alicyclic amines) is 1. The molecule has 2 heterocycles. The van der Waals surface area contributed by atoms with Gasteiger partial charge in [-0.25, -0.2) is 4.39 Å². The van der Waals surface area contributed by atoms with Crippen LogP contribution in [0.4, 0.5) is 4.39 Å². The average molecular weight is 402 g/mol. The smallest absolute Gasteiger partial charge is 0.231 e. The average Bonchev–Trinajstić information content (AvgIpc) is 2.98. The van der Waals surface area contributed by atoms with Crippen LogP contribution in [0.1, 0.15) is 47.7 Å². The van der Waals surface area contributed by atoms with Crippen molar-refractivity contribution < 1.29 is 19.0 Å². The first-order valence-electron chi connectivity index (χ1n) is 9.43. The highest BCUT2D eigenvalue weighted by molar-refractivity contribution is 6.32. The fourth-order valence-electron chi connectivity index (χ4n) is 3.82. The Kier molecular flexibility index (Phi) is 5.13. The number of fused-ring (bicyclic) bond motifs is 1. The number of rotatable bonds is 3. The molecule has 0 aromatic heterocycles. The number of nitrogens with zero attached hydrogens (tertiary/aromatic N) is 1. The summed E-state index contributed by atoms with van der Waals surface area (Å²) in [6, 6.07) is 7.79. The van der Waals surface area contributed by atoms with Gasteiger partial charge in [-0.2, -0.15) is 0 Å². The second-order valence-corrected chi connectivity index (χ2v) is 7.74. The number of Topliss-reactive ketones (excluding diaryl/α,β-unsaturated/α-hetero) is 1. The van der Waals surface area contributed by atoms with Crippen molar-refractivity contribution in [3.8, 4) is 11.5 Å². The quantitative estimate of drug-likeness (QED) is 0.720. The number of benzene rings is 2. The van der Waals surface area contributed by atoms with Crippen molar-refractivity contribution in [2.75, 3.05) is 6.54 Å². The van der Waals surface area contributed by atoms with Gasteiger partial charge in [-0.15, -0.1) is 0 Å². The molecule has 0 unspecified atom stereocenters. The monoisotopic (exact) mass is 401 g/mol. The summed E-state index contributed by atoms with van der Waals surface area (Å²) >= 11 is 6.07. The van der Waals surface area contributed by atoms with Crippen molar-refractivity contribution in [1.82, 2.24) is 4.90 Å². The number of allylic oxidation sites excluding steroid dienone is 1. The van der Waals surface area contributed by atoms with Crippen molar-refractivity contribution in [2.24, 2.45) is 0 Å². The van der Waals surface area contributed by atoms with E-state index in [4.69, 9.17) is 16.3 Å². The Morgan fingerprint density at radius 2 is 2.14 bits per heavy atom. The number of ketones is 1. The predicted molar refractivity (Wildman–Crippen MR) is 106 cm³/mol. The van der Waals surface area contributed by atoms with Gasteiger partial charge < -0.3 is 9.84 Å². The van der Waals surface area contributed by atoms with Gasteiger partial charge in [-0.1, -0.05) is 24.1 Å². The molecule has 0 bridgehead atoms. The van der Waals surface area contributed by atoms with Crippen LogP contribution in [-0.4, -0.2) is 28.4 Å². The van der Waals surface area contributed by atoms with Gasteiger partial charge >= 0.3 is 0 Å². The third-order valence-corrected chi connectivity index (χ3v) is 5.82. The van der Waals surface area contributed by atoms with Gasteiger partial charge in [0, 0.05) is 18.2 Å². The summed E-state index contributed by atoms with van der Waals surface area (Å²) in [5.41, 5.74) is 1.06. The van der Waals surface area contributed by atoms with Crippen molar-refractivity contribution in [2.45, 2.75) is 38.8 Å². The Labute approximate surface area is 168 Å². The first-order chi connectivity index (χ1) is 13.5. The third-order valence-electron chi connectivity index (χ3n) is 5.49. The predicted octanol–water partition coefficient (Wildman–Crippen LogP) is 5.18. The fourth-order valence-corrected chi connectivity index (χ4v) is 4.04. The number of piperidine rings is 1. The molecule has 4 nitrogen and oxygen atoms in total. The summed E-state index contributed by atoms with van der Waals surface area (Å²) in [5, 5.41) is 10.6. The van der Waals surface area contributed by atoms with Crippen LogP contribution in [0.15, 0.2) is 36.1 Å². The minimum atomic E-state index is -0.530. The van der Waals surface area contributed by atoms with E-state index in [9.17, 15) is 14.3 Å². The lowest BCUT2D eigenvalue weighted by Crippen LogP contribution is -2.36. The standard InChI is InChI=1S/C22H21ClFNO3/c1-13-5-2-3-10-25(13)12-16-19(26)9-8-14-21(27)20(28-22(14)16)11-15-17(23)6-4-7-18(15)24/h4,6-9,11,13,26H,2-3,5,10,12H2,1H3/b20-11-/t13-/m0/s1. The van der Waals surface area contributed by atoms with Crippen LogP contribution in [0, 0.1) is 5.82 Å². The van der Waals surface area contributed by atoms with E-state index < -0.39 is 5.82 Å². The molecule has 6 heteroatoms. The molecular formula is C22H21ClFNO3.